The first-order valence-corrected chi connectivity index (χ1v) is 16.4. The minimum atomic E-state index is -4.98. The second-order valence-corrected chi connectivity index (χ2v) is 13.1. The van der Waals surface area contributed by atoms with Crippen molar-refractivity contribution in [2.24, 2.45) is 11.8 Å². The van der Waals surface area contributed by atoms with E-state index in [1.165, 1.54) is 14.2 Å². The number of rotatable bonds is 7. The molecule has 250 valence electrons. The van der Waals surface area contributed by atoms with Gasteiger partial charge in [0.05, 0.1) is 46.1 Å². The Hall–Kier alpha value is -2.98. The maximum absolute atomic E-state index is 13.5. The van der Waals surface area contributed by atoms with Crippen molar-refractivity contribution in [3.8, 4) is 23.0 Å². The van der Waals surface area contributed by atoms with E-state index >= 15 is 0 Å². The predicted octanol–water partition coefficient (Wildman–Crippen LogP) is 1.31. The average molecular weight is 667 g/mol. The van der Waals surface area contributed by atoms with E-state index in [9.17, 15) is 29.4 Å². The number of esters is 1. The maximum atomic E-state index is 13.5. The lowest BCUT2D eigenvalue weighted by Gasteiger charge is -2.47. The van der Waals surface area contributed by atoms with Crippen LogP contribution in [0, 0.1) is 11.8 Å². The van der Waals surface area contributed by atoms with Gasteiger partial charge in [-0.2, -0.15) is 0 Å². The van der Waals surface area contributed by atoms with Crippen molar-refractivity contribution in [2.75, 3.05) is 34.0 Å². The molecule has 10 atom stereocenters. The molecule has 0 amide bonds. The van der Waals surface area contributed by atoms with Gasteiger partial charge in [-0.1, -0.05) is 6.07 Å². The summed E-state index contributed by atoms with van der Waals surface area (Å²) in [4.78, 5) is 32.6. The second kappa shape index (κ2) is 11.9. The number of hydrogen-bond acceptors (Lipinski definition) is 13. The third-order valence-electron chi connectivity index (χ3n) is 9.25. The topological polar surface area (TPSA) is 198 Å². The molecule has 0 radical (unpaired) electrons. The van der Waals surface area contributed by atoms with Crippen LogP contribution >= 0.6 is 7.82 Å². The molecule has 46 heavy (non-hydrogen) atoms. The van der Waals surface area contributed by atoms with E-state index in [2.05, 4.69) is 0 Å². The number of phosphoric acid groups is 1. The molecule has 0 spiro atoms. The first kappa shape index (κ1) is 31.6. The summed E-state index contributed by atoms with van der Waals surface area (Å²) in [5.41, 5.74) is 2.84. The van der Waals surface area contributed by atoms with Crippen LogP contribution in [0.3, 0.4) is 0 Å². The molecule has 4 N–H and O–H groups in total. The van der Waals surface area contributed by atoms with Crippen LogP contribution in [0.15, 0.2) is 24.3 Å². The smallest absolute Gasteiger partial charge is 0.493 e. The molecule has 4 heterocycles. The predicted molar refractivity (Wildman–Crippen MR) is 152 cm³/mol. The summed E-state index contributed by atoms with van der Waals surface area (Å²) in [5.74, 6) is -2.15. The number of cyclic esters (lactones) is 1. The molecule has 5 unspecified atom stereocenters. The van der Waals surface area contributed by atoms with E-state index in [0.717, 1.165) is 5.56 Å². The molecule has 1 aliphatic carbocycles. The van der Waals surface area contributed by atoms with Gasteiger partial charge in [-0.3, -0.25) is 14.6 Å². The first-order valence-electron chi connectivity index (χ1n) is 14.9. The molecule has 4 aliphatic heterocycles. The number of ether oxygens (including phenoxy) is 8. The van der Waals surface area contributed by atoms with Crippen LogP contribution in [0.1, 0.15) is 41.2 Å². The zero-order chi connectivity index (χ0) is 32.5. The third-order valence-corrected chi connectivity index (χ3v) is 9.67. The Labute approximate surface area is 263 Å². The largest absolute Gasteiger partial charge is 0.525 e. The van der Waals surface area contributed by atoms with E-state index in [1.54, 1.807) is 19.1 Å². The molecule has 2 aromatic carbocycles. The van der Waals surface area contributed by atoms with Gasteiger partial charge >= 0.3 is 13.8 Å². The Kier molecular flexibility index (Phi) is 8.19. The maximum Gasteiger partial charge on any atom is 0.525 e. The van der Waals surface area contributed by atoms with Crippen LogP contribution in [-0.4, -0.2) is 97.0 Å². The minimum absolute atomic E-state index is 0.00310. The van der Waals surface area contributed by atoms with Gasteiger partial charge in [0.15, 0.2) is 24.1 Å². The third kappa shape index (κ3) is 5.43. The molecule has 3 saturated heterocycles. The van der Waals surface area contributed by atoms with Gasteiger partial charge < -0.3 is 52.6 Å². The van der Waals surface area contributed by atoms with E-state index in [0.29, 0.717) is 35.5 Å². The van der Waals surface area contributed by atoms with Crippen LogP contribution in [0.5, 0.6) is 23.0 Å². The summed E-state index contributed by atoms with van der Waals surface area (Å²) in [7, 11) is -2.35. The van der Waals surface area contributed by atoms with Crippen LogP contribution in [-0.2, 0) is 39.5 Å². The van der Waals surface area contributed by atoms with Crippen molar-refractivity contribution >= 4 is 13.8 Å². The van der Waals surface area contributed by atoms with E-state index in [-0.39, 0.29) is 30.5 Å². The van der Waals surface area contributed by atoms with Gasteiger partial charge in [0, 0.05) is 18.3 Å². The average Bonchev–Trinajstić information content (AvgIpc) is 3.64. The van der Waals surface area contributed by atoms with Crippen molar-refractivity contribution in [2.45, 2.75) is 62.4 Å². The summed E-state index contributed by atoms with van der Waals surface area (Å²) in [6.07, 6.45) is -6.36. The number of aliphatic hydroxyl groups is 2. The molecule has 3 fully saturated rings. The molecule has 0 saturated carbocycles. The Balaban J connectivity index is 1.32. The van der Waals surface area contributed by atoms with Crippen LogP contribution in [0.4, 0.5) is 0 Å². The molecule has 7 rings (SSSR count). The lowest BCUT2D eigenvalue weighted by atomic mass is 9.66. The van der Waals surface area contributed by atoms with Crippen molar-refractivity contribution in [1.29, 1.82) is 0 Å². The fourth-order valence-corrected chi connectivity index (χ4v) is 7.64. The highest BCUT2D eigenvalue weighted by atomic mass is 31.2. The van der Waals surface area contributed by atoms with Crippen molar-refractivity contribution in [3.63, 3.8) is 0 Å². The normalized spacial score (nSPS) is 34.8. The van der Waals surface area contributed by atoms with Crippen molar-refractivity contribution in [3.05, 3.63) is 46.5 Å². The van der Waals surface area contributed by atoms with E-state index < -0.39 is 74.6 Å². The number of aliphatic hydroxyl groups excluding tert-OH is 2. The Morgan fingerprint density at radius 3 is 2.37 bits per heavy atom. The Bertz CT molecular complexity index is 1530. The summed E-state index contributed by atoms with van der Waals surface area (Å²) >= 11 is 0. The highest BCUT2D eigenvalue weighted by molar-refractivity contribution is 7.46. The number of hydrogen-bond donors (Lipinski definition) is 4. The first-order chi connectivity index (χ1) is 22.0. The minimum Gasteiger partial charge on any atom is -0.493 e. The van der Waals surface area contributed by atoms with Crippen LogP contribution in [0.25, 0.3) is 0 Å². The summed E-state index contributed by atoms with van der Waals surface area (Å²) in [6, 6.07) is 6.90. The summed E-state index contributed by atoms with van der Waals surface area (Å²) in [5, 5.41) is 22.1. The number of phosphoric ester groups is 1. The van der Waals surface area contributed by atoms with Crippen molar-refractivity contribution < 1.29 is 71.8 Å². The van der Waals surface area contributed by atoms with Gasteiger partial charge in [0.25, 0.3) is 0 Å². The van der Waals surface area contributed by atoms with Gasteiger partial charge in [-0.05, 0) is 47.4 Å². The number of fused-ring (bicyclic) bond motifs is 4. The zero-order valence-electron chi connectivity index (χ0n) is 25.1. The highest BCUT2D eigenvalue weighted by Crippen LogP contribution is 2.57. The second-order valence-electron chi connectivity index (χ2n) is 11.9. The molecule has 2 aromatic rings. The van der Waals surface area contributed by atoms with Crippen LogP contribution in [0.2, 0.25) is 0 Å². The Morgan fingerprint density at radius 1 is 0.935 bits per heavy atom. The molecule has 16 heteroatoms. The lowest BCUT2D eigenvalue weighted by molar-refractivity contribution is -0.364. The van der Waals surface area contributed by atoms with Crippen molar-refractivity contribution in [1.82, 2.24) is 0 Å². The Morgan fingerprint density at radius 2 is 1.67 bits per heavy atom. The number of carbonyl (C=O) groups excluding carboxylic acids is 1. The fraction of sp³-hybridized carbons (Fsp3) is 0.567. The number of benzene rings is 2. The zero-order valence-corrected chi connectivity index (χ0v) is 26.0. The van der Waals surface area contributed by atoms with E-state index in [4.69, 9.17) is 42.4 Å². The van der Waals surface area contributed by atoms with Gasteiger partial charge in [-0.25, -0.2) is 4.57 Å². The fourth-order valence-electron chi connectivity index (χ4n) is 7.22. The van der Waals surface area contributed by atoms with Gasteiger partial charge in [0.1, 0.15) is 30.2 Å². The number of methoxy groups -OCH3 is 2. The molecule has 0 aromatic heterocycles. The SMILES string of the molecule is COc1cc([C@@H]2c3cc4c(cc3[C@@H](OC3OC5CO[C@@H](C)OC5C(O)C3O)[C@H]3COC(=O)[C@H]23)OCC4)cc(OC)c1OP(=O)(O)O. The molecule has 0 bridgehead atoms. The lowest BCUT2D eigenvalue weighted by Crippen LogP contribution is -2.63. The van der Waals surface area contributed by atoms with Gasteiger partial charge in [-0.15, -0.1) is 0 Å². The summed E-state index contributed by atoms with van der Waals surface area (Å²) < 4.78 is 62.9. The molecule has 15 nitrogen and oxygen atoms in total. The van der Waals surface area contributed by atoms with E-state index in [1.807, 2.05) is 12.1 Å². The summed E-state index contributed by atoms with van der Waals surface area (Å²) in [6.45, 7) is 2.28. The standard InChI is InChI=1S/C30H35O15P/c1-12-40-11-21-28(42-12)24(31)25(32)30(43-21)44-26-16-9-18-13(4-5-39-18)6-15(16)22(23-17(26)10-41-29(23)33)14-7-19(37-2)27(20(8-14)38-3)45-46(34,35)36/h6-9,12,17,21-26,28,30-32H,4-5,10-11H2,1-3H3,(H2,34,35,36)/t12-,17+,21?,22-,23+,24?,25?,26-,28?,30?/m1/s1. The number of carbonyl (C=O) groups is 1. The highest BCUT2D eigenvalue weighted by Gasteiger charge is 2.56. The monoisotopic (exact) mass is 666 g/mol. The molecular weight excluding hydrogens is 631 g/mol. The molecule has 5 aliphatic rings. The quantitative estimate of drug-likeness (QED) is 0.244. The van der Waals surface area contributed by atoms with Gasteiger partial charge in [0.2, 0.25) is 5.75 Å². The van der Waals surface area contributed by atoms with Crippen LogP contribution < -0.4 is 18.7 Å². The molecular formula is C30H35O15P.